The van der Waals surface area contributed by atoms with Gasteiger partial charge in [0.1, 0.15) is 0 Å². The number of halogens is 2. The standard InChI is InChI=1S/C16H17Cl2N/c1-3-19-10-12-5-4-11(2)14(8-12)13-6-7-15(17)16(18)9-13/h4-9,19H,3,10H2,1-2H3. The van der Waals surface area contributed by atoms with E-state index in [-0.39, 0.29) is 0 Å². The van der Waals surface area contributed by atoms with Crippen LogP contribution in [0.5, 0.6) is 0 Å². The predicted octanol–water partition coefficient (Wildman–Crippen LogP) is 5.08. The average molecular weight is 294 g/mol. The lowest BCUT2D eigenvalue weighted by Crippen LogP contribution is -2.11. The van der Waals surface area contributed by atoms with E-state index < -0.39 is 0 Å². The zero-order chi connectivity index (χ0) is 13.8. The zero-order valence-electron chi connectivity index (χ0n) is 11.1. The summed E-state index contributed by atoms with van der Waals surface area (Å²) in [5.41, 5.74) is 4.81. The second-order valence-electron chi connectivity index (χ2n) is 4.56. The van der Waals surface area contributed by atoms with Crippen LogP contribution < -0.4 is 5.32 Å². The maximum absolute atomic E-state index is 6.10. The summed E-state index contributed by atoms with van der Waals surface area (Å²) >= 11 is 12.1. The molecule has 19 heavy (non-hydrogen) atoms. The summed E-state index contributed by atoms with van der Waals surface area (Å²) in [7, 11) is 0. The summed E-state index contributed by atoms with van der Waals surface area (Å²) in [4.78, 5) is 0. The van der Waals surface area contributed by atoms with Gasteiger partial charge < -0.3 is 5.32 Å². The quantitative estimate of drug-likeness (QED) is 0.829. The van der Waals surface area contributed by atoms with Crippen molar-refractivity contribution in [2.24, 2.45) is 0 Å². The predicted molar refractivity (Wildman–Crippen MR) is 84.0 cm³/mol. The van der Waals surface area contributed by atoms with E-state index in [9.17, 15) is 0 Å². The minimum atomic E-state index is 0.590. The van der Waals surface area contributed by atoms with Gasteiger partial charge in [-0.15, -0.1) is 0 Å². The fraction of sp³-hybridized carbons (Fsp3) is 0.250. The number of rotatable bonds is 4. The molecule has 0 amide bonds. The number of hydrogen-bond donors (Lipinski definition) is 1. The second kappa shape index (κ2) is 6.42. The summed E-state index contributed by atoms with van der Waals surface area (Å²) in [6, 6.07) is 12.3. The molecule has 2 aromatic carbocycles. The van der Waals surface area contributed by atoms with Crippen molar-refractivity contribution < 1.29 is 0 Å². The van der Waals surface area contributed by atoms with Crippen LogP contribution in [-0.2, 0) is 6.54 Å². The Morgan fingerprint density at radius 1 is 1.00 bits per heavy atom. The van der Waals surface area contributed by atoms with Crippen molar-refractivity contribution >= 4 is 23.2 Å². The van der Waals surface area contributed by atoms with Crippen LogP contribution in [-0.4, -0.2) is 6.54 Å². The summed E-state index contributed by atoms with van der Waals surface area (Å²) in [6.45, 7) is 6.06. The molecule has 2 aromatic rings. The lowest BCUT2D eigenvalue weighted by molar-refractivity contribution is 0.727. The molecule has 0 aliphatic rings. The first-order valence-electron chi connectivity index (χ1n) is 6.37. The van der Waals surface area contributed by atoms with Crippen LogP contribution in [0.2, 0.25) is 10.0 Å². The first-order valence-corrected chi connectivity index (χ1v) is 7.13. The fourth-order valence-electron chi connectivity index (χ4n) is 2.02. The van der Waals surface area contributed by atoms with Gasteiger partial charge in [0.05, 0.1) is 10.0 Å². The van der Waals surface area contributed by atoms with E-state index in [0.29, 0.717) is 10.0 Å². The second-order valence-corrected chi connectivity index (χ2v) is 5.37. The maximum atomic E-state index is 6.10. The Hall–Kier alpha value is -1.02. The van der Waals surface area contributed by atoms with Crippen molar-refractivity contribution in [3.8, 4) is 11.1 Å². The van der Waals surface area contributed by atoms with Crippen molar-refractivity contribution in [1.29, 1.82) is 0 Å². The summed E-state index contributed by atoms with van der Waals surface area (Å²) in [6.07, 6.45) is 0. The van der Waals surface area contributed by atoms with Gasteiger partial charge in [0.25, 0.3) is 0 Å². The van der Waals surface area contributed by atoms with E-state index in [1.165, 1.54) is 16.7 Å². The molecule has 0 spiro atoms. The van der Waals surface area contributed by atoms with Gasteiger partial charge >= 0.3 is 0 Å². The third-order valence-electron chi connectivity index (χ3n) is 3.11. The van der Waals surface area contributed by atoms with Gasteiger partial charge in [-0.2, -0.15) is 0 Å². The van der Waals surface area contributed by atoms with Gasteiger partial charge in [0.2, 0.25) is 0 Å². The molecule has 0 bridgehead atoms. The van der Waals surface area contributed by atoms with Crippen LogP contribution >= 0.6 is 23.2 Å². The molecule has 1 N–H and O–H groups in total. The van der Waals surface area contributed by atoms with E-state index in [0.717, 1.165) is 18.7 Å². The maximum Gasteiger partial charge on any atom is 0.0598 e. The van der Waals surface area contributed by atoms with Crippen LogP contribution in [0.3, 0.4) is 0 Å². The van der Waals surface area contributed by atoms with E-state index >= 15 is 0 Å². The Balaban J connectivity index is 2.39. The molecule has 0 aliphatic heterocycles. The minimum Gasteiger partial charge on any atom is -0.313 e. The summed E-state index contributed by atoms with van der Waals surface area (Å²) < 4.78 is 0. The highest BCUT2D eigenvalue weighted by Crippen LogP contribution is 2.30. The highest BCUT2D eigenvalue weighted by molar-refractivity contribution is 6.42. The number of nitrogens with one attached hydrogen (secondary N) is 1. The molecule has 0 fully saturated rings. The molecule has 0 saturated heterocycles. The monoisotopic (exact) mass is 293 g/mol. The molecular formula is C16H17Cl2N. The zero-order valence-corrected chi connectivity index (χ0v) is 12.6. The van der Waals surface area contributed by atoms with E-state index in [1.54, 1.807) is 0 Å². The van der Waals surface area contributed by atoms with Crippen molar-refractivity contribution in [3.63, 3.8) is 0 Å². The van der Waals surface area contributed by atoms with E-state index in [4.69, 9.17) is 23.2 Å². The summed E-state index contributed by atoms with van der Waals surface area (Å²) in [5, 5.41) is 4.52. The number of aryl methyl sites for hydroxylation is 1. The molecule has 3 heteroatoms. The van der Waals surface area contributed by atoms with Crippen molar-refractivity contribution in [3.05, 3.63) is 57.6 Å². The molecule has 100 valence electrons. The van der Waals surface area contributed by atoms with Gasteiger partial charge in [-0.25, -0.2) is 0 Å². The van der Waals surface area contributed by atoms with Crippen molar-refractivity contribution in [2.45, 2.75) is 20.4 Å². The Bertz CT molecular complexity index is 579. The van der Waals surface area contributed by atoms with Crippen LogP contribution in [0, 0.1) is 6.92 Å². The van der Waals surface area contributed by atoms with Gasteiger partial charge in [-0.05, 0) is 53.9 Å². The normalized spacial score (nSPS) is 10.7. The van der Waals surface area contributed by atoms with Crippen LogP contribution in [0.15, 0.2) is 36.4 Å². The lowest BCUT2D eigenvalue weighted by Gasteiger charge is -2.10. The third-order valence-corrected chi connectivity index (χ3v) is 3.85. The largest absolute Gasteiger partial charge is 0.313 e. The molecule has 0 unspecified atom stereocenters. The van der Waals surface area contributed by atoms with Crippen molar-refractivity contribution in [2.75, 3.05) is 6.54 Å². The first kappa shape index (κ1) is 14.4. The molecule has 0 aliphatic carbocycles. The van der Waals surface area contributed by atoms with Gasteiger partial charge in [-0.3, -0.25) is 0 Å². The van der Waals surface area contributed by atoms with Crippen molar-refractivity contribution in [1.82, 2.24) is 5.32 Å². The Kier molecular flexibility index (Phi) is 4.87. The van der Waals surface area contributed by atoms with Crippen LogP contribution in [0.1, 0.15) is 18.1 Å². The molecule has 0 heterocycles. The molecule has 0 aromatic heterocycles. The molecule has 2 rings (SSSR count). The molecule has 0 saturated carbocycles. The Morgan fingerprint density at radius 2 is 1.79 bits per heavy atom. The highest BCUT2D eigenvalue weighted by atomic mass is 35.5. The van der Waals surface area contributed by atoms with E-state index in [2.05, 4.69) is 37.4 Å². The fourth-order valence-corrected chi connectivity index (χ4v) is 2.32. The Morgan fingerprint density at radius 3 is 2.47 bits per heavy atom. The van der Waals surface area contributed by atoms with Crippen LogP contribution in [0.25, 0.3) is 11.1 Å². The molecule has 0 radical (unpaired) electrons. The van der Waals surface area contributed by atoms with Gasteiger partial charge in [0.15, 0.2) is 0 Å². The SMILES string of the molecule is CCNCc1ccc(C)c(-c2ccc(Cl)c(Cl)c2)c1. The average Bonchev–Trinajstić information content (AvgIpc) is 2.41. The smallest absolute Gasteiger partial charge is 0.0598 e. The van der Waals surface area contributed by atoms with E-state index in [1.807, 2.05) is 18.2 Å². The Labute approximate surface area is 124 Å². The van der Waals surface area contributed by atoms with Gasteiger partial charge in [-0.1, -0.05) is 48.3 Å². The third kappa shape index (κ3) is 3.50. The topological polar surface area (TPSA) is 12.0 Å². The summed E-state index contributed by atoms with van der Waals surface area (Å²) in [5.74, 6) is 0. The molecule has 1 nitrogen and oxygen atoms in total. The van der Waals surface area contributed by atoms with Gasteiger partial charge in [0, 0.05) is 6.54 Å². The highest BCUT2D eigenvalue weighted by Gasteiger charge is 2.06. The van der Waals surface area contributed by atoms with Crippen LogP contribution in [0.4, 0.5) is 0 Å². The molecule has 0 atom stereocenters. The minimum absolute atomic E-state index is 0.590. The lowest BCUT2D eigenvalue weighted by atomic mass is 9.98. The number of hydrogen-bond acceptors (Lipinski definition) is 1. The first-order chi connectivity index (χ1) is 9.11. The molecular weight excluding hydrogens is 277 g/mol. The number of benzene rings is 2.